The molecule has 3 aromatic rings. The van der Waals surface area contributed by atoms with E-state index in [4.69, 9.17) is 33.9 Å². The van der Waals surface area contributed by atoms with Gasteiger partial charge in [0, 0.05) is 31.6 Å². The number of allylic oxidation sites excluding steroid dienone is 1. The predicted octanol–water partition coefficient (Wildman–Crippen LogP) is 6.81. The fourth-order valence-electron chi connectivity index (χ4n) is 4.11. The van der Waals surface area contributed by atoms with Gasteiger partial charge in [-0.3, -0.25) is 4.79 Å². The van der Waals surface area contributed by atoms with E-state index >= 15 is 0 Å². The Morgan fingerprint density at radius 3 is 2.20 bits per heavy atom. The number of aryl methyl sites for hydroxylation is 1. The summed E-state index contributed by atoms with van der Waals surface area (Å²) in [5.74, 6) is 0.0186. The van der Waals surface area contributed by atoms with Crippen molar-refractivity contribution in [1.29, 1.82) is 5.41 Å². The van der Waals surface area contributed by atoms with Crippen molar-refractivity contribution < 1.29 is 38.1 Å². The average Bonchev–Trinajstić information content (AvgIpc) is 3.09. The van der Waals surface area contributed by atoms with Crippen LogP contribution in [-0.4, -0.2) is 64.1 Å². The molecule has 0 fully saturated rings. The highest BCUT2D eigenvalue weighted by Gasteiger charge is 2.13. The van der Waals surface area contributed by atoms with E-state index in [9.17, 15) is 9.59 Å². The van der Waals surface area contributed by atoms with E-state index in [1.54, 1.807) is 43.5 Å². The summed E-state index contributed by atoms with van der Waals surface area (Å²) < 4.78 is 27.4. The highest BCUT2D eigenvalue weighted by molar-refractivity contribution is 5.93. The number of esters is 2. The number of hydrogen-bond acceptors (Lipinski definition) is 9. The Labute approximate surface area is 271 Å². The third-order valence-corrected chi connectivity index (χ3v) is 6.55. The van der Waals surface area contributed by atoms with Crippen molar-refractivity contribution in [2.45, 2.75) is 38.7 Å². The van der Waals surface area contributed by atoms with Gasteiger partial charge >= 0.3 is 11.9 Å². The zero-order valence-corrected chi connectivity index (χ0v) is 26.6. The van der Waals surface area contributed by atoms with Gasteiger partial charge in [-0.05, 0) is 78.4 Å². The predicted molar refractivity (Wildman–Crippen MR) is 179 cm³/mol. The highest BCUT2D eigenvalue weighted by Crippen LogP contribution is 2.27. The molecule has 3 aromatic carbocycles. The summed E-state index contributed by atoms with van der Waals surface area (Å²) >= 11 is 0. The molecule has 0 aliphatic carbocycles. The molecular formula is C37H43NO8. The molecule has 1 N–H and O–H groups in total. The zero-order valence-electron chi connectivity index (χ0n) is 26.6. The maximum atomic E-state index is 12.8. The van der Waals surface area contributed by atoms with Crippen molar-refractivity contribution >= 4 is 24.4 Å². The smallest absolute Gasteiger partial charge is 0.343 e. The number of nitrogens with one attached hydrogen (secondary N) is 1. The third kappa shape index (κ3) is 13.4. The number of methoxy groups -OCH3 is 1. The summed E-state index contributed by atoms with van der Waals surface area (Å²) in [5, 5.41) is 7.87. The van der Waals surface area contributed by atoms with Crippen LogP contribution in [0.5, 0.6) is 11.5 Å². The van der Waals surface area contributed by atoms with Crippen LogP contribution in [0.2, 0.25) is 0 Å². The minimum absolute atomic E-state index is 0.270. The van der Waals surface area contributed by atoms with E-state index in [2.05, 4.69) is 44.3 Å². The second kappa shape index (κ2) is 21.8. The average molecular weight is 630 g/mol. The maximum Gasteiger partial charge on any atom is 0.343 e. The van der Waals surface area contributed by atoms with E-state index < -0.39 is 11.9 Å². The van der Waals surface area contributed by atoms with Crippen LogP contribution in [0.4, 0.5) is 0 Å². The zero-order chi connectivity index (χ0) is 33.6. The van der Waals surface area contributed by atoms with Crippen LogP contribution in [-0.2, 0) is 30.2 Å². The molecule has 1 atom stereocenters. The van der Waals surface area contributed by atoms with Gasteiger partial charge in [-0.1, -0.05) is 56.8 Å². The van der Waals surface area contributed by atoms with Crippen molar-refractivity contribution in [3.63, 3.8) is 0 Å². The van der Waals surface area contributed by atoms with Gasteiger partial charge in [-0.25, -0.2) is 9.59 Å². The summed E-state index contributed by atoms with van der Waals surface area (Å²) in [6.45, 7) is 10.1. The summed E-state index contributed by atoms with van der Waals surface area (Å²) in [5.41, 5.74) is 4.23. The van der Waals surface area contributed by atoms with Crippen LogP contribution in [0, 0.1) is 5.41 Å². The summed E-state index contributed by atoms with van der Waals surface area (Å²) in [6.07, 6.45) is 7.54. The fraction of sp³-hybridized carbons (Fsp3) is 0.297. The SMILES string of the molecule is C=CC(=O)OCCCCOCC(COc1ccc(C(=O)Oc2ccc(-c3ccc(CCC)cc3)c(C=N)c2)cc1)OC.C=CC=O. The van der Waals surface area contributed by atoms with Gasteiger partial charge in [-0.2, -0.15) is 0 Å². The molecule has 0 saturated heterocycles. The second-order valence-electron chi connectivity index (χ2n) is 9.95. The first-order chi connectivity index (χ1) is 22.4. The van der Waals surface area contributed by atoms with Crippen molar-refractivity contribution in [3.05, 3.63) is 109 Å². The number of carbonyl (C=O) groups excluding carboxylic acids is 3. The lowest BCUT2D eigenvalue weighted by atomic mass is 9.98. The van der Waals surface area contributed by atoms with E-state index in [-0.39, 0.29) is 12.7 Å². The Hall–Kier alpha value is -4.86. The van der Waals surface area contributed by atoms with Gasteiger partial charge in [0.1, 0.15) is 30.5 Å². The second-order valence-corrected chi connectivity index (χ2v) is 9.95. The number of unbranched alkanes of at least 4 members (excludes halogenated alkanes) is 1. The lowest BCUT2D eigenvalue weighted by molar-refractivity contribution is -0.137. The molecule has 0 saturated carbocycles. The molecule has 3 rings (SSSR count). The number of rotatable bonds is 19. The lowest BCUT2D eigenvalue weighted by Gasteiger charge is -2.16. The van der Waals surface area contributed by atoms with E-state index in [0.29, 0.717) is 55.2 Å². The molecule has 9 nitrogen and oxygen atoms in total. The summed E-state index contributed by atoms with van der Waals surface area (Å²) in [6, 6.07) is 20.3. The first kappa shape index (κ1) is 37.3. The third-order valence-electron chi connectivity index (χ3n) is 6.55. The molecule has 0 amide bonds. The molecule has 244 valence electrons. The van der Waals surface area contributed by atoms with Gasteiger partial charge in [0.15, 0.2) is 0 Å². The monoisotopic (exact) mass is 629 g/mol. The number of aldehydes is 1. The fourth-order valence-corrected chi connectivity index (χ4v) is 4.11. The largest absolute Gasteiger partial charge is 0.491 e. The van der Waals surface area contributed by atoms with Gasteiger partial charge < -0.3 is 29.1 Å². The standard InChI is InChI=1S/C34H39NO7.C3H4O/c1-4-8-25-9-11-26(12-10-25)32-18-17-30(21-28(32)22-35)42-34(37)27-13-15-29(16-14-27)41-24-31(38-3)23-39-19-6-7-20-40-33(36)5-2;1-2-3-4/h5,9-18,21-22,31,35H,2,4,6-8,19-20,23-24H2,1,3H3;2-3H,1H2. The molecule has 46 heavy (non-hydrogen) atoms. The summed E-state index contributed by atoms with van der Waals surface area (Å²) in [4.78, 5) is 32.8. The molecule has 9 heteroatoms. The summed E-state index contributed by atoms with van der Waals surface area (Å²) in [7, 11) is 1.59. The molecule has 1 unspecified atom stereocenters. The van der Waals surface area contributed by atoms with Crippen LogP contribution in [0.15, 0.2) is 92.0 Å². The molecule has 0 radical (unpaired) electrons. The van der Waals surface area contributed by atoms with Crippen LogP contribution in [0.1, 0.15) is 47.7 Å². The number of hydrogen-bond donors (Lipinski definition) is 1. The molecule has 0 spiro atoms. The number of benzene rings is 3. The van der Waals surface area contributed by atoms with Crippen molar-refractivity contribution in [1.82, 2.24) is 0 Å². The molecule has 0 bridgehead atoms. The maximum absolute atomic E-state index is 12.8. The Morgan fingerprint density at radius 2 is 1.59 bits per heavy atom. The van der Waals surface area contributed by atoms with E-state index in [0.717, 1.165) is 36.5 Å². The quantitative estimate of drug-likeness (QED) is 0.0383. The van der Waals surface area contributed by atoms with Crippen molar-refractivity contribution in [2.24, 2.45) is 0 Å². The van der Waals surface area contributed by atoms with E-state index in [1.165, 1.54) is 17.9 Å². The van der Waals surface area contributed by atoms with Gasteiger partial charge in [0.2, 0.25) is 0 Å². The highest BCUT2D eigenvalue weighted by atomic mass is 16.6. The van der Waals surface area contributed by atoms with Gasteiger partial charge in [0.25, 0.3) is 0 Å². The minimum Gasteiger partial charge on any atom is -0.491 e. The lowest BCUT2D eigenvalue weighted by Crippen LogP contribution is -2.26. The first-order valence-corrected chi connectivity index (χ1v) is 15.0. The molecule has 0 heterocycles. The Morgan fingerprint density at radius 1 is 0.913 bits per heavy atom. The van der Waals surface area contributed by atoms with Crippen molar-refractivity contribution in [3.8, 4) is 22.6 Å². The van der Waals surface area contributed by atoms with Crippen LogP contribution < -0.4 is 9.47 Å². The van der Waals surface area contributed by atoms with Gasteiger partial charge in [-0.15, -0.1) is 0 Å². The van der Waals surface area contributed by atoms with Crippen LogP contribution in [0.3, 0.4) is 0 Å². The molecule has 0 aliphatic rings. The molecule has 0 aliphatic heterocycles. The minimum atomic E-state index is -0.503. The molecular weight excluding hydrogens is 586 g/mol. The normalized spacial score (nSPS) is 10.8. The Balaban J connectivity index is 0.00000173. The first-order valence-electron chi connectivity index (χ1n) is 15.0. The van der Waals surface area contributed by atoms with Crippen LogP contribution >= 0.6 is 0 Å². The Kier molecular flexibility index (Phi) is 17.7. The van der Waals surface area contributed by atoms with Crippen LogP contribution in [0.25, 0.3) is 11.1 Å². The number of ether oxygens (including phenoxy) is 5. The van der Waals surface area contributed by atoms with Gasteiger partial charge in [0.05, 0.1) is 18.8 Å². The molecule has 0 aromatic heterocycles. The topological polar surface area (TPSA) is 121 Å². The van der Waals surface area contributed by atoms with Crippen molar-refractivity contribution in [2.75, 3.05) is 33.5 Å². The number of carbonyl (C=O) groups is 3. The Bertz CT molecular complexity index is 1390. The van der Waals surface area contributed by atoms with E-state index in [1.807, 2.05) is 6.07 Å².